The number of nitrogens with zero attached hydrogens (tertiary/aromatic N) is 2. The van der Waals surface area contributed by atoms with Crippen LogP contribution in [0.2, 0.25) is 0 Å². The van der Waals surface area contributed by atoms with Crippen LogP contribution in [0, 0.1) is 11.8 Å². The van der Waals surface area contributed by atoms with Crippen LogP contribution in [0.3, 0.4) is 0 Å². The molecular weight excluding hydrogens is 348 g/mol. The largest absolute Gasteiger partial charge is 0.348 e. The van der Waals surface area contributed by atoms with E-state index in [1.807, 2.05) is 0 Å². The lowest BCUT2D eigenvalue weighted by atomic mass is 9.74. The second kappa shape index (κ2) is 6.50. The predicted octanol–water partition coefficient (Wildman–Crippen LogP) is 5.44. The van der Waals surface area contributed by atoms with E-state index in [4.69, 9.17) is 19.7 Å². The third-order valence-electron chi connectivity index (χ3n) is 7.18. The fourth-order valence-electron chi connectivity index (χ4n) is 6.32. The molecule has 28 heavy (non-hydrogen) atoms. The Kier molecular flexibility index (Phi) is 4.18. The van der Waals surface area contributed by atoms with Crippen molar-refractivity contribution >= 4 is 0 Å². The van der Waals surface area contributed by atoms with Gasteiger partial charge < -0.3 is 9.47 Å². The van der Waals surface area contributed by atoms with Gasteiger partial charge in [-0.3, -0.25) is 0 Å². The van der Waals surface area contributed by atoms with Crippen molar-refractivity contribution in [1.29, 1.82) is 0 Å². The lowest BCUT2D eigenvalue weighted by Gasteiger charge is -2.45. The first-order valence-electron chi connectivity index (χ1n) is 10.5. The van der Waals surface area contributed by atoms with Crippen molar-refractivity contribution in [1.82, 2.24) is 0 Å². The van der Waals surface area contributed by atoms with Crippen molar-refractivity contribution in [2.75, 3.05) is 13.7 Å². The molecule has 2 fully saturated rings. The normalized spacial score (nSPS) is 38.1. The predicted molar refractivity (Wildman–Crippen MR) is 108 cm³/mol. The van der Waals surface area contributed by atoms with Crippen LogP contribution in [0.4, 0.5) is 0 Å². The molecule has 0 spiro atoms. The lowest BCUT2D eigenvalue weighted by molar-refractivity contribution is -0.277. The van der Waals surface area contributed by atoms with E-state index in [2.05, 4.69) is 67.6 Å². The van der Waals surface area contributed by atoms with Gasteiger partial charge in [-0.05, 0) is 30.4 Å². The molecular formula is C24H28N2O2. The van der Waals surface area contributed by atoms with Gasteiger partial charge in [0.05, 0.1) is 0 Å². The van der Waals surface area contributed by atoms with Crippen molar-refractivity contribution in [3.05, 3.63) is 71.8 Å². The van der Waals surface area contributed by atoms with Crippen molar-refractivity contribution in [3.63, 3.8) is 0 Å². The van der Waals surface area contributed by atoms with Gasteiger partial charge in [0.15, 0.2) is 11.1 Å². The van der Waals surface area contributed by atoms with Gasteiger partial charge in [0.1, 0.15) is 0 Å². The highest BCUT2D eigenvalue weighted by Gasteiger charge is 2.84. The molecule has 2 aromatic rings. The summed E-state index contributed by atoms with van der Waals surface area (Å²) in [4.78, 5) is 0. The van der Waals surface area contributed by atoms with Crippen LogP contribution >= 0.6 is 0 Å². The summed E-state index contributed by atoms with van der Waals surface area (Å²) in [7, 11) is 1.78. The summed E-state index contributed by atoms with van der Waals surface area (Å²) in [5, 5.41) is 10.1. The highest BCUT2D eigenvalue weighted by Crippen LogP contribution is 2.75. The van der Waals surface area contributed by atoms with Gasteiger partial charge >= 0.3 is 0 Å². The SMILES string of the molecule is CCCOC1(OC)[C@]2(c3ccccc3)N=N[C@@]1(c1ccccc1)[C@H]1CCC[C@H]12. The molecule has 4 nitrogen and oxygen atoms in total. The molecule has 2 aliphatic carbocycles. The topological polar surface area (TPSA) is 43.2 Å². The number of azo groups is 1. The maximum Gasteiger partial charge on any atom is 0.232 e. The van der Waals surface area contributed by atoms with Crippen LogP contribution in [0.1, 0.15) is 43.7 Å². The molecule has 0 aromatic heterocycles. The van der Waals surface area contributed by atoms with Crippen molar-refractivity contribution in [2.24, 2.45) is 22.1 Å². The van der Waals surface area contributed by atoms with Crippen LogP contribution in [0.5, 0.6) is 0 Å². The Morgan fingerprint density at radius 1 is 0.857 bits per heavy atom. The van der Waals surface area contributed by atoms with E-state index in [0.29, 0.717) is 18.4 Å². The van der Waals surface area contributed by atoms with Gasteiger partial charge in [0, 0.05) is 25.6 Å². The number of hydrogen-bond donors (Lipinski definition) is 0. The molecule has 2 aromatic carbocycles. The Morgan fingerprint density at radius 3 is 1.79 bits per heavy atom. The van der Waals surface area contributed by atoms with Crippen LogP contribution in [-0.2, 0) is 20.6 Å². The summed E-state index contributed by atoms with van der Waals surface area (Å²) in [5.41, 5.74) is 1.11. The zero-order valence-corrected chi connectivity index (χ0v) is 16.7. The molecule has 0 radical (unpaired) electrons. The van der Waals surface area contributed by atoms with Crippen molar-refractivity contribution < 1.29 is 9.47 Å². The van der Waals surface area contributed by atoms with E-state index in [1.54, 1.807) is 7.11 Å². The Morgan fingerprint density at radius 2 is 1.36 bits per heavy atom. The minimum Gasteiger partial charge on any atom is -0.348 e. The zero-order chi connectivity index (χ0) is 19.2. The summed E-state index contributed by atoms with van der Waals surface area (Å²) in [6.45, 7) is 2.77. The smallest absolute Gasteiger partial charge is 0.232 e. The molecule has 5 atom stereocenters. The van der Waals surface area contributed by atoms with Crippen molar-refractivity contribution in [3.8, 4) is 0 Å². The Labute approximate surface area is 167 Å². The molecule has 0 amide bonds. The van der Waals surface area contributed by atoms with Gasteiger partial charge in [-0.1, -0.05) is 74.0 Å². The Hall–Kier alpha value is -2.04. The molecule has 1 aliphatic heterocycles. The van der Waals surface area contributed by atoms with Gasteiger partial charge in [0.2, 0.25) is 5.79 Å². The molecule has 5 rings (SSSR count). The van der Waals surface area contributed by atoms with Crippen LogP contribution in [0.15, 0.2) is 70.9 Å². The fraction of sp³-hybridized carbons (Fsp3) is 0.500. The van der Waals surface area contributed by atoms with E-state index < -0.39 is 16.9 Å². The third-order valence-corrected chi connectivity index (χ3v) is 7.18. The van der Waals surface area contributed by atoms with Crippen LogP contribution in [0.25, 0.3) is 0 Å². The second-order valence-corrected chi connectivity index (χ2v) is 8.28. The average Bonchev–Trinajstić information content (AvgIpc) is 3.41. The first kappa shape index (κ1) is 18.0. The van der Waals surface area contributed by atoms with E-state index in [-0.39, 0.29) is 0 Å². The number of rotatable bonds is 6. The molecule has 1 heterocycles. The third kappa shape index (κ3) is 1.93. The molecule has 146 valence electrons. The summed E-state index contributed by atoms with van der Waals surface area (Å²) < 4.78 is 13.1. The second-order valence-electron chi connectivity index (χ2n) is 8.28. The highest BCUT2D eigenvalue weighted by molar-refractivity contribution is 5.46. The van der Waals surface area contributed by atoms with Crippen LogP contribution in [-0.4, -0.2) is 19.5 Å². The molecule has 0 N–H and O–H groups in total. The molecule has 4 heteroatoms. The van der Waals surface area contributed by atoms with Gasteiger partial charge in [-0.2, -0.15) is 10.2 Å². The van der Waals surface area contributed by atoms with E-state index in [1.165, 1.54) is 6.42 Å². The monoisotopic (exact) mass is 376 g/mol. The number of fused-ring (bicyclic) bond motifs is 5. The van der Waals surface area contributed by atoms with E-state index in [0.717, 1.165) is 30.4 Å². The average molecular weight is 377 g/mol. The fourth-order valence-corrected chi connectivity index (χ4v) is 6.32. The standard InChI is InChI=1S/C24H28N2O2/c1-3-17-28-24(27-2)22(18-11-6-4-7-12-18)20-15-10-16-21(20)23(24,26-25-22)19-13-8-5-9-14-19/h4-9,11-14,20-21H,3,10,15-17H2,1-2H3/t20-,21+,22-,23+,24?. The number of methoxy groups -OCH3 is 1. The molecule has 1 unspecified atom stereocenters. The van der Waals surface area contributed by atoms with Gasteiger partial charge in [-0.15, -0.1) is 0 Å². The first-order valence-corrected chi connectivity index (χ1v) is 10.5. The van der Waals surface area contributed by atoms with Crippen molar-refractivity contribution in [2.45, 2.75) is 49.5 Å². The number of ether oxygens (including phenoxy) is 2. The van der Waals surface area contributed by atoms with E-state index in [9.17, 15) is 0 Å². The Balaban J connectivity index is 1.81. The molecule has 3 aliphatic rings. The van der Waals surface area contributed by atoms with Gasteiger partial charge in [0.25, 0.3) is 0 Å². The summed E-state index contributed by atoms with van der Waals surface area (Å²) >= 11 is 0. The number of hydrogen-bond acceptors (Lipinski definition) is 4. The highest BCUT2D eigenvalue weighted by atomic mass is 16.7. The summed E-state index contributed by atoms with van der Waals surface area (Å²) in [6, 6.07) is 21.1. The summed E-state index contributed by atoms with van der Waals surface area (Å²) in [5.74, 6) is -0.192. The van der Waals surface area contributed by atoms with E-state index >= 15 is 0 Å². The van der Waals surface area contributed by atoms with Crippen LogP contribution < -0.4 is 0 Å². The first-order chi connectivity index (χ1) is 13.8. The zero-order valence-electron chi connectivity index (χ0n) is 16.7. The number of benzene rings is 2. The molecule has 0 saturated heterocycles. The lowest BCUT2D eigenvalue weighted by Crippen LogP contribution is -2.59. The van der Waals surface area contributed by atoms with Gasteiger partial charge in [-0.25, -0.2) is 0 Å². The Bertz CT molecular complexity index is 805. The maximum atomic E-state index is 6.72. The minimum atomic E-state index is -0.922. The summed E-state index contributed by atoms with van der Waals surface area (Å²) in [6.07, 6.45) is 4.40. The molecule has 2 saturated carbocycles. The quantitative estimate of drug-likeness (QED) is 0.630. The molecule has 2 bridgehead atoms. The minimum absolute atomic E-state index is 0.365. The maximum absolute atomic E-state index is 6.72.